The van der Waals surface area contributed by atoms with Gasteiger partial charge in [0, 0.05) is 17.3 Å². The number of rotatable bonds is 2. The van der Waals surface area contributed by atoms with E-state index >= 15 is 0 Å². The fraction of sp³-hybridized carbons (Fsp3) is 0. The van der Waals surface area contributed by atoms with Crippen LogP contribution in [-0.4, -0.2) is 20.4 Å². The molecular weight excluding hydrogens is 212 g/mol. The molecule has 0 radical (unpaired) electrons. The van der Waals surface area contributed by atoms with Crippen LogP contribution in [0.15, 0.2) is 54.9 Å². The van der Waals surface area contributed by atoms with Gasteiger partial charge in [-0.15, -0.1) is 0 Å². The first-order valence-electron chi connectivity index (χ1n) is 5.31. The third kappa shape index (κ3) is 1.92. The zero-order valence-electron chi connectivity index (χ0n) is 9.04. The van der Waals surface area contributed by atoms with Gasteiger partial charge in [0.1, 0.15) is 5.69 Å². The van der Waals surface area contributed by atoms with Crippen LogP contribution in [0.3, 0.4) is 0 Å². The van der Waals surface area contributed by atoms with Crippen molar-refractivity contribution < 1.29 is 0 Å². The van der Waals surface area contributed by atoms with Gasteiger partial charge in [-0.05, 0) is 12.1 Å². The van der Waals surface area contributed by atoms with Gasteiger partial charge in [0.2, 0.25) is 0 Å². The molecule has 3 rings (SSSR count). The second-order valence-corrected chi connectivity index (χ2v) is 3.65. The number of pyridine rings is 1. The Morgan fingerprint density at radius 3 is 2.29 bits per heavy atom. The maximum atomic E-state index is 4.42. The lowest BCUT2D eigenvalue weighted by molar-refractivity contribution is 0.942. The van der Waals surface area contributed by atoms with E-state index in [4.69, 9.17) is 0 Å². The van der Waals surface area contributed by atoms with Crippen molar-refractivity contribution in [3.63, 3.8) is 0 Å². The van der Waals surface area contributed by atoms with Gasteiger partial charge in [0.05, 0.1) is 11.9 Å². The van der Waals surface area contributed by atoms with E-state index in [1.807, 2.05) is 42.5 Å². The summed E-state index contributed by atoms with van der Waals surface area (Å²) in [5.41, 5.74) is 3.83. The van der Waals surface area contributed by atoms with E-state index in [1.54, 1.807) is 12.4 Å². The Morgan fingerprint density at radius 1 is 0.765 bits per heavy atom. The number of benzene rings is 1. The zero-order valence-corrected chi connectivity index (χ0v) is 9.04. The summed E-state index contributed by atoms with van der Waals surface area (Å²) in [6.07, 6.45) is 3.49. The quantitative estimate of drug-likeness (QED) is 0.724. The van der Waals surface area contributed by atoms with E-state index in [1.165, 1.54) is 0 Å². The van der Waals surface area contributed by atoms with Crippen molar-refractivity contribution >= 4 is 0 Å². The van der Waals surface area contributed by atoms with Crippen molar-refractivity contribution in [1.29, 1.82) is 0 Å². The monoisotopic (exact) mass is 222 g/mol. The van der Waals surface area contributed by atoms with Crippen molar-refractivity contribution in [2.45, 2.75) is 0 Å². The molecule has 0 aliphatic heterocycles. The average molecular weight is 222 g/mol. The highest BCUT2D eigenvalue weighted by Crippen LogP contribution is 2.20. The lowest BCUT2D eigenvalue weighted by Crippen LogP contribution is -1.85. The van der Waals surface area contributed by atoms with Gasteiger partial charge in [-0.3, -0.25) is 4.98 Å². The van der Waals surface area contributed by atoms with Gasteiger partial charge in [0.25, 0.3) is 0 Å². The standard InChI is InChI=1S/C13H10N4/c1-2-4-10(5-3-1)12-7-6-11(8-14-12)13-9-15-17-16-13/h1-9H,(H,15,16,17). The van der Waals surface area contributed by atoms with Gasteiger partial charge in [0.15, 0.2) is 0 Å². The van der Waals surface area contributed by atoms with Crippen LogP contribution in [-0.2, 0) is 0 Å². The summed E-state index contributed by atoms with van der Waals surface area (Å²) < 4.78 is 0. The molecule has 0 spiro atoms. The highest BCUT2D eigenvalue weighted by molar-refractivity contribution is 5.63. The molecule has 1 aromatic carbocycles. The molecule has 3 aromatic rings. The maximum absolute atomic E-state index is 4.42. The van der Waals surface area contributed by atoms with Crippen molar-refractivity contribution in [2.24, 2.45) is 0 Å². The van der Waals surface area contributed by atoms with Crippen LogP contribution < -0.4 is 0 Å². The van der Waals surface area contributed by atoms with E-state index in [-0.39, 0.29) is 0 Å². The highest BCUT2D eigenvalue weighted by Gasteiger charge is 2.02. The minimum absolute atomic E-state index is 0.803. The number of aromatic amines is 1. The van der Waals surface area contributed by atoms with Crippen LogP contribution >= 0.6 is 0 Å². The molecule has 0 atom stereocenters. The van der Waals surface area contributed by atoms with Gasteiger partial charge in [-0.25, -0.2) is 0 Å². The van der Waals surface area contributed by atoms with E-state index in [0.29, 0.717) is 0 Å². The predicted molar refractivity (Wildman–Crippen MR) is 65.0 cm³/mol. The summed E-state index contributed by atoms with van der Waals surface area (Å²) in [5, 5.41) is 10.4. The third-order valence-electron chi connectivity index (χ3n) is 2.54. The fourth-order valence-electron chi connectivity index (χ4n) is 1.67. The molecule has 0 aliphatic rings. The van der Waals surface area contributed by atoms with E-state index in [9.17, 15) is 0 Å². The van der Waals surface area contributed by atoms with Crippen LogP contribution in [0.25, 0.3) is 22.5 Å². The molecule has 0 amide bonds. The molecule has 2 heterocycles. The predicted octanol–water partition coefficient (Wildman–Crippen LogP) is 2.53. The van der Waals surface area contributed by atoms with Crippen LogP contribution in [0.1, 0.15) is 0 Å². The molecule has 17 heavy (non-hydrogen) atoms. The Bertz CT molecular complexity index is 585. The average Bonchev–Trinajstić information content (AvgIpc) is 2.94. The van der Waals surface area contributed by atoms with Gasteiger partial charge < -0.3 is 0 Å². The molecule has 2 aromatic heterocycles. The number of hydrogen-bond donors (Lipinski definition) is 1. The second-order valence-electron chi connectivity index (χ2n) is 3.65. The molecule has 4 heteroatoms. The summed E-state index contributed by atoms with van der Waals surface area (Å²) in [7, 11) is 0. The molecule has 0 unspecified atom stereocenters. The molecule has 0 aliphatic carbocycles. The van der Waals surface area contributed by atoms with Gasteiger partial charge in [-0.1, -0.05) is 30.3 Å². The number of H-pyrrole nitrogens is 1. The fourth-order valence-corrected chi connectivity index (χ4v) is 1.67. The van der Waals surface area contributed by atoms with E-state index in [2.05, 4.69) is 20.4 Å². The Kier molecular flexibility index (Phi) is 2.38. The molecule has 0 saturated carbocycles. The molecule has 0 fully saturated rings. The van der Waals surface area contributed by atoms with E-state index < -0.39 is 0 Å². The van der Waals surface area contributed by atoms with E-state index in [0.717, 1.165) is 22.5 Å². The summed E-state index contributed by atoms with van der Waals surface area (Å²) in [6, 6.07) is 14.1. The van der Waals surface area contributed by atoms with Crippen molar-refractivity contribution in [1.82, 2.24) is 20.4 Å². The second kappa shape index (κ2) is 4.17. The minimum atomic E-state index is 0.803. The lowest BCUT2D eigenvalue weighted by Gasteiger charge is -2.01. The topological polar surface area (TPSA) is 54.5 Å². The number of nitrogens with one attached hydrogen (secondary N) is 1. The Labute approximate surface area is 98.4 Å². The minimum Gasteiger partial charge on any atom is -0.256 e. The molecule has 82 valence electrons. The van der Waals surface area contributed by atoms with Crippen LogP contribution in [0, 0.1) is 0 Å². The SMILES string of the molecule is c1ccc(-c2ccc(-c3cn[nH]n3)cn2)cc1. The molecule has 0 bridgehead atoms. The number of hydrogen-bond acceptors (Lipinski definition) is 3. The van der Waals surface area contributed by atoms with Crippen LogP contribution in [0.2, 0.25) is 0 Å². The molecule has 0 saturated heterocycles. The van der Waals surface area contributed by atoms with Crippen LogP contribution in [0.4, 0.5) is 0 Å². The zero-order chi connectivity index (χ0) is 11.5. The normalized spacial score (nSPS) is 10.4. The molecule has 1 N–H and O–H groups in total. The molecular formula is C13H10N4. The smallest absolute Gasteiger partial charge is 0.114 e. The van der Waals surface area contributed by atoms with Crippen molar-refractivity contribution in [2.75, 3.05) is 0 Å². The Balaban J connectivity index is 1.96. The number of aromatic nitrogens is 4. The van der Waals surface area contributed by atoms with Gasteiger partial charge in [-0.2, -0.15) is 15.4 Å². The third-order valence-corrected chi connectivity index (χ3v) is 2.54. The van der Waals surface area contributed by atoms with Crippen LogP contribution in [0.5, 0.6) is 0 Å². The summed E-state index contributed by atoms with van der Waals surface area (Å²) in [6.45, 7) is 0. The summed E-state index contributed by atoms with van der Waals surface area (Å²) >= 11 is 0. The summed E-state index contributed by atoms with van der Waals surface area (Å²) in [5.74, 6) is 0. The maximum Gasteiger partial charge on any atom is 0.114 e. The van der Waals surface area contributed by atoms with Crippen molar-refractivity contribution in [3.8, 4) is 22.5 Å². The Morgan fingerprint density at radius 2 is 1.65 bits per heavy atom. The molecule has 4 nitrogen and oxygen atoms in total. The Hall–Kier alpha value is -2.49. The first kappa shape index (κ1) is 9.72. The van der Waals surface area contributed by atoms with Gasteiger partial charge >= 0.3 is 0 Å². The lowest BCUT2D eigenvalue weighted by atomic mass is 10.1. The highest BCUT2D eigenvalue weighted by atomic mass is 15.3. The summed E-state index contributed by atoms with van der Waals surface area (Å²) in [4.78, 5) is 4.42. The first-order valence-corrected chi connectivity index (χ1v) is 5.31. The first-order chi connectivity index (χ1) is 8.43. The van der Waals surface area contributed by atoms with Crippen molar-refractivity contribution in [3.05, 3.63) is 54.9 Å². The number of nitrogens with zero attached hydrogens (tertiary/aromatic N) is 3. The largest absolute Gasteiger partial charge is 0.256 e.